The van der Waals surface area contributed by atoms with E-state index in [2.05, 4.69) is 4.98 Å². The first-order chi connectivity index (χ1) is 12.3. The van der Waals surface area contributed by atoms with Gasteiger partial charge in [-0.15, -0.1) is 11.3 Å². The average Bonchev–Trinajstić information content (AvgIpc) is 3.22. The molecule has 26 heavy (non-hydrogen) atoms. The maximum atomic E-state index is 13.3. The number of aliphatic carboxylic acids is 1. The number of halogens is 1. The molecule has 1 aromatic carbocycles. The number of carbonyl (C=O) groups excluding carboxylic acids is 1. The number of carbonyl (C=O) groups is 2. The van der Waals surface area contributed by atoms with E-state index in [1.54, 1.807) is 16.3 Å². The van der Waals surface area contributed by atoms with Crippen molar-refractivity contribution in [3.05, 3.63) is 51.7 Å². The first kappa shape index (κ1) is 18.5. The van der Waals surface area contributed by atoms with Crippen molar-refractivity contribution >= 4 is 23.2 Å². The normalized spacial score (nSPS) is 19.9. The van der Waals surface area contributed by atoms with Gasteiger partial charge in [0, 0.05) is 24.9 Å². The van der Waals surface area contributed by atoms with Gasteiger partial charge in [0.15, 0.2) is 0 Å². The molecular weight excluding hydrogens is 355 g/mol. The maximum Gasteiger partial charge on any atom is 0.311 e. The summed E-state index contributed by atoms with van der Waals surface area (Å²) >= 11 is 1.35. The molecule has 1 saturated heterocycles. The topological polar surface area (TPSA) is 70.5 Å². The zero-order chi connectivity index (χ0) is 18.9. The number of carboxylic acid groups (broad SMARTS) is 1. The molecule has 1 aliphatic rings. The van der Waals surface area contributed by atoms with Gasteiger partial charge in [-0.3, -0.25) is 9.59 Å². The van der Waals surface area contributed by atoms with E-state index in [-0.39, 0.29) is 24.2 Å². The molecule has 1 amide bonds. The van der Waals surface area contributed by atoms with Gasteiger partial charge in [-0.1, -0.05) is 26.0 Å². The number of benzene rings is 1. The number of hydrogen-bond donors (Lipinski definition) is 1. The standard InChI is InChI=1S/C19H21FN2O3S/c1-12(2)19(18(24)25)6-7-22(11-19)17(23)15-10-26-16(21-15)9-13-4-3-5-14(20)8-13/h3-5,8,10,12H,6-7,9,11H2,1-2H3,(H,24,25). The Labute approximate surface area is 155 Å². The summed E-state index contributed by atoms with van der Waals surface area (Å²) in [6, 6.07) is 6.30. The van der Waals surface area contributed by atoms with Crippen molar-refractivity contribution in [3.63, 3.8) is 0 Å². The largest absolute Gasteiger partial charge is 0.481 e. The molecule has 1 aromatic heterocycles. The van der Waals surface area contributed by atoms with Crippen molar-refractivity contribution in [2.24, 2.45) is 11.3 Å². The lowest BCUT2D eigenvalue weighted by atomic mass is 9.76. The Balaban J connectivity index is 1.72. The molecule has 1 fully saturated rings. The van der Waals surface area contributed by atoms with E-state index >= 15 is 0 Å². The number of carboxylic acids is 1. The van der Waals surface area contributed by atoms with Crippen LogP contribution < -0.4 is 0 Å². The Bertz CT molecular complexity index is 836. The molecule has 1 atom stereocenters. The van der Waals surface area contributed by atoms with Crippen LogP contribution in [0.5, 0.6) is 0 Å². The average molecular weight is 376 g/mol. The minimum Gasteiger partial charge on any atom is -0.481 e. The Kier molecular flexibility index (Phi) is 5.09. The molecule has 1 N–H and O–H groups in total. The molecular formula is C19H21FN2O3S. The lowest BCUT2D eigenvalue weighted by Crippen LogP contribution is -2.40. The number of rotatable bonds is 5. The number of hydrogen-bond acceptors (Lipinski definition) is 4. The third-order valence-electron chi connectivity index (χ3n) is 5.13. The Morgan fingerprint density at radius 2 is 2.19 bits per heavy atom. The molecule has 138 valence electrons. The fourth-order valence-corrected chi connectivity index (χ4v) is 4.18. The van der Waals surface area contributed by atoms with Gasteiger partial charge in [0.25, 0.3) is 5.91 Å². The summed E-state index contributed by atoms with van der Waals surface area (Å²) in [5.41, 5.74) is 0.228. The Morgan fingerprint density at radius 1 is 1.42 bits per heavy atom. The molecule has 0 spiro atoms. The predicted molar refractivity (Wildman–Crippen MR) is 96.7 cm³/mol. The molecule has 0 bridgehead atoms. The molecule has 3 rings (SSSR count). The summed E-state index contributed by atoms with van der Waals surface area (Å²) in [5, 5.41) is 12.0. The summed E-state index contributed by atoms with van der Waals surface area (Å²) in [6.07, 6.45) is 0.910. The number of thiazole rings is 1. The van der Waals surface area contributed by atoms with E-state index in [9.17, 15) is 19.1 Å². The SMILES string of the molecule is CC(C)C1(C(=O)O)CCN(C(=O)c2csc(Cc3cccc(F)c3)n2)C1. The molecule has 2 aromatic rings. The highest BCUT2D eigenvalue weighted by atomic mass is 32.1. The van der Waals surface area contributed by atoms with Crippen LogP contribution in [0.15, 0.2) is 29.6 Å². The molecule has 1 unspecified atom stereocenters. The van der Waals surface area contributed by atoms with Crippen molar-refractivity contribution < 1.29 is 19.1 Å². The third kappa shape index (κ3) is 3.49. The summed E-state index contributed by atoms with van der Waals surface area (Å²) in [4.78, 5) is 30.4. The van der Waals surface area contributed by atoms with Crippen LogP contribution in [-0.2, 0) is 11.2 Å². The van der Waals surface area contributed by atoms with E-state index in [0.717, 1.165) is 10.6 Å². The van der Waals surface area contributed by atoms with E-state index < -0.39 is 11.4 Å². The van der Waals surface area contributed by atoms with Gasteiger partial charge < -0.3 is 10.0 Å². The molecule has 0 saturated carbocycles. The quantitative estimate of drug-likeness (QED) is 0.868. The minimum atomic E-state index is -0.893. The second-order valence-electron chi connectivity index (χ2n) is 7.03. The molecule has 5 nitrogen and oxygen atoms in total. The lowest BCUT2D eigenvalue weighted by Gasteiger charge is -2.28. The van der Waals surface area contributed by atoms with E-state index in [0.29, 0.717) is 25.1 Å². The molecule has 0 aliphatic carbocycles. The first-order valence-corrected chi connectivity index (χ1v) is 9.41. The highest BCUT2D eigenvalue weighted by Crippen LogP contribution is 2.38. The lowest BCUT2D eigenvalue weighted by molar-refractivity contribution is -0.150. The van der Waals surface area contributed by atoms with E-state index in [4.69, 9.17) is 0 Å². The second-order valence-corrected chi connectivity index (χ2v) is 7.97. The highest BCUT2D eigenvalue weighted by molar-refractivity contribution is 7.09. The maximum absolute atomic E-state index is 13.3. The Morgan fingerprint density at radius 3 is 2.81 bits per heavy atom. The van der Waals surface area contributed by atoms with Crippen molar-refractivity contribution in [3.8, 4) is 0 Å². The van der Waals surface area contributed by atoms with Crippen molar-refractivity contribution in [2.75, 3.05) is 13.1 Å². The van der Waals surface area contributed by atoms with Crippen molar-refractivity contribution in [1.82, 2.24) is 9.88 Å². The second kappa shape index (κ2) is 7.15. The van der Waals surface area contributed by atoms with Crippen molar-refractivity contribution in [2.45, 2.75) is 26.7 Å². The van der Waals surface area contributed by atoms with Gasteiger partial charge in [0.2, 0.25) is 0 Å². The summed E-state index contributed by atoms with van der Waals surface area (Å²) in [7, 11) is 0. The van der Waals surface area contributed by atoms with Gasteiger partial charge in [-0.2, -0.15) is 0 Å². The summed E-state index contributed by atoms with van der Waals surface area (Å²) in [6.45, 7) is 4.37. The summed E-state index contributed by atoms with van der Waals surface area (Å²) < 4.78 is 13.3. The third-order valence-corrected chi connectivity index (χ3v) is 5.98. The smallest absolute Gasteiger partial charge is 0.311 e. The van der Waals surface area contributed by atoms with Gasteiger partial charge >= 0.3 is 5.97 Å². The Hall–Kier alpha value is -2.28. The fourth-order valence-electron chi connectivity index (χ4n) is 3.37. The molecule has 1 aliphatic heterocycles. The fraction of sp³-hybridized carbons (Fsp3) is 0.421. The van der Waals surface area contributed by atoms with Gasteiger partial charge in [-0.25, -0.2) is 9.37 Å². The number of nitrogens with zero attached hydrogens (tertiary/aromatic N) is 2. The first-order valence-electron chi connectivity index (χ1n) is 8.53. The number of likely N-dealkylation sites (tertiary alicyclic amines) is 1. The predicted octanol–water partition coefficient (Wildman–Crippen LogP) is 3.45. The van der Waals surface area contributed by atoms with Crippen LogP contribution in [0.4, 0.5) is 4.39 Å². The van der Waals surface area contributed by atoms with Crippen LogP contribution in [0.1, 0.15) is 41.3 Å². The molecule has 7 heteroatoms. The zero-order valence-electron chi connectivity index (χ0n) is 14.7. The summed E-state index contributed by atoms with van der Waals surface area (Å²) in [5.74, 6) is -1.45. The minimum absolute atomic E-state index is 0.0585. The number of amides is 1. The zero-order valence-corrected chi connectivity index (χ0v) is 15.6. The molecule has 0 radical (unpaired) electrons. The van der Waals surface area contributed by atoms with Crippen LogP contribution in [0, 0.1) is 17.2 Å². The van der Waals surface area contributed by atoms with Gasteiger partial charge in [-0.05, 0) is 30.0 Å². The van der Waals surface area contributed by atoms with Gasteiger partial charge in [0.05, 0.1) is 10.4 Å². The van der Waals surface area contributed by atoms with Crippen LogP contribution in [0.3, 0.4) is 0 Å². The van der Waals surface area contributed by atoms with E-state index in [1.165, 1.54) is 23.5 Å². The molecule has 2 heterocycles. The van der Waals surface area contributed by atoms with Crippen LogP contribution in [-0.4, -0.2) is 40.0 Å². The van der Waals surface area contributed by atoms with Crippen LogP contribution in [0.2, 0.25) is 0 Å². The van der Waals surface area contributed by atoms with Gasteiger partial charge in [0.1, 0.15) is 11.5 Å². The van der Waals surface area contributed by atoms with Crippen molar-refractivity contribution in [1.29, 1.82) is 0 Å². The number of aromatic nitrogens is 1. The van der Waals surface area contributed by atoms with Crippen LogP contribution >= 0.6 is 11.3 Å². The highest BCUT2D eigenvalue weighted by Gasteiger charge is 2.48. The van der Waals surface area contributed by atoms with Crippen LogP contribution in [0.25, 0.3) is 0 Å². The van der Waals surface area contributed by atoms with E-state index in [1.807, 2.05) is 19.9 Å². The monoisotopic (exact) mass is 376 g/mol.